The Labute approximate surface area is 118 Å². The molecule has 0 bridgehead atoms. The molecule has 114 valence electrons. The van der Waals surface area contributed by atoms with Crippen LogP contribution in [0.1, 0.15) is 58.8 Å². The van der Waals surface area contributed by atoms with Crippen molar-refractivity contribution in [2.24, 2.45) is 5.41 Å². The molecule has 1 rings (SSSR count). The average Bonchev–Trinajstić information content (AvgIpc) is 2.38. The highest BCUT2D eigenvalue weighted by atomic mass is 32.2. The van der Waals surface area contributed by atoms with Crippen molar-refractivity contribution >= 4 is 10.0 Å². The van der Waals surface area contributed by atoms with Gasteiger partial charge in [-0.05, 0) is 44.2 Å². The smallest absolute Gasteiger partial charge is 0.211 e. The SMILES string of the molecule is CCNCCCCS(=O)(=O)NCC1(C)CCCCC1. The summed E-state index contributed by atoms with van der Waals surface area (Å²) in [4.78, 5) is 0. The van der Waals surface area contributed by atoms with Crippen molar-refractivity contribution in [1.29, 1.82) is 0 Å². The Kier molecular flexibility index (Phi) is 7.32. The van der Waals surface area contributed by atoms with E-state index in [4.69, 9.17) is 0 Å². The van der Waals surface area contributed by atoms with E-state index in [1.807, 2.05) is 0 Å². The molecule has 0 heterocycles. The summed E-state index contributed by atoms with van der Waals surface area (Å²) in [5, 5.41) is 3.21. The van der Waals surface area contributed by atoms with Gasteiger partial charge in [-0.25, -0.2) is 13.1 Å². The van der Waals surface area contributed by atoms with Crippen molar-refractivity contribution in [2.75, 3.05) is 25.4 Å². The lowest BCUT2D eigenvalue weighted by molar-refractivity contribution is 0.219. The fraction of sp³-hybridized carbons (Fsp3) is 1.00. The monoisotopic (exact) mass is 290 g/mol. The Morgan fingerprint density at radius 1 is 1.11 bits per heavy atom. The molecule has 1 fully saturated rings. The van der Waals surface area contributed by atoms with Crippen LogP contribution < -0.4 is 10.0 Å². The van der Waals surface area contributed by atoms with E-state index in [0.717, 1.165) is 38.8 Å². The molecular weight excluding hydrogens is 260 g/mol. The van der Waals surface area contributed by atoms with Gasteiger partial charge in [0, 0.05) is 6.54 Å². The van der Waals surface area contributed by atoms with Gasteiger partial charge in [-0.15, -0.1) is 0 Å². The highest BCUT2D eigenvalue weighted by molar-refractivity contribution is 7.89. The van der Waals surface area contributed by atoms with Gasteiger partial charge in [-0.3, -0.25) is 0 Å². The minimum atomic E-state index is -3.08. The Hall–Kier alpha value is -0.130. The van der Waals surface area contributed by atoms with Crippen LogP contribution in [0.2, 0.25) is 0 Å². The highest BCUT2D eigenvalue weighted by Gasteiger charge is 2.28. The van der Waals surface area contributed by atoms with E-state index < -0.39 is 10.0 Å². The van der Waals surface area contributed by atoms with Crippen LogP contribution in [-0.4, -0.2) is 33.8 Å². The maximum Gasteiger partial charge on any atom is 0.211 e. The number of sulfonamides is 1. The molecule has 4 nitrogen and oxygen atoms in total. The lowest BCUT2D eigenvalue weighted by Crippen LogP contribution is -2.38. The fourth-order valence-corrected chi connectivity index (χ4v) is 3.95. The van der Waals surface area contributed by atoms with E-state index in [9.17, 15) is 8.42 Å². The molecule has 5 heteroatoms. The van der Waals surface area contributed by atoms with Crippen LogP contribution in [0.15, 0.2) is 0 Å². The molecule has 1 aliphatic carbocycles. The van der Waals surface area contributed by atoms with Gasteiger partial charge < -0.3 is 5.32 Å². The van der Waals surface area contributed by atoms with Crippen molar-refractivity contribution in [3.8, 4) is 0 Å². The molecule has 0 aromatic carbocycles. The van der Waals surface area contributed by atoms with Crippen LogP contribution in [0.25, 0.3) is 0 Å². The molecule has 0 aliphatic heterocycles. The van der Waals surface area contributed by atoms with Gasteiger partial charge in [0.1, 0.15) is 0 Å². The normalized spacial score (nSPS) is 19.5. The molecule has 0 saturated heterocycles. The van der Waals surface area contributed by atoms with Gasteiger partial charge in [0.25, 0.3) is 0 Å². The van der Waals surface area contributed by atoms with Crippen molar-refractivity contribution in [3.05, 3.63) is 0 Å². The fourth-order valence-electron chi connectivity index (χ4n) is 2.66. The number of unbranched alkanes of at least 4 members (excludes halogenated alkanes) is 1. The second kappa shape index (κ2) is 8.22. The quantitative estimate of drug-likeness (QED) is 0.640. The summed E-state index contributed by atoms with van der Waals surface area (Å²) < 4.78 is 26.6. The van der Waals surface area contributed by atoms with Crippen molar-refractivity contribution < 1.29 is 8.42 Å². The van der Waals surface area contributed by atoms with Crippen molar-refractivity contribution in [2.45, 2.75) is 58.8 Å². The van der Waals surface area contributed by atoms with Crippen LogP contribution in [0, 0.1) is 5.41 Å². The van der Waals surface area contributed by atoms with E-state index in [1.165, 1.54) is 19.3 Å². The third kappa shape index (κ3) is 7.28. The van der Waals surface area contributed by atoms with E-state index >= 15 is 0 Å². The molecular formula is C14H30N2O2S. The third-order valence-corrected chi connectivity index (χ3v) is 5.46. The van der Waals surface area contributed by atoms with Crippen LogP contribution in [0.5, 0.6) is 0 Å². The summed E-state index contributed by atoms with van der Waals surface area (Å²) in [6.07, 6.45) is 7.73. The summed E-state index contributed by atoms with van der Waals surface area (Å²) in [5.41, 5.74) is 0.176. The molecule has 0 unspecified atom stereocenters. The average molecular weight is 290 g/mol. The molecule has 1 aliphatic rings. The zero-order valence-corrected chi connectivity index (χ0v) is 13.3. The van der Waals surface area contributed by atoms with Gasteiger partial charge in [0.15, 0.2) is 0 Å². The molecule has 1 saturated carbocycles. The number of rotatable bonds is 9. The first kappa shape index (κ1) is 16.9. The predicted molar refractivity (Wildman–Crippen MR) is 80.8 cm³/mol. The van der Waals surface area contributed by atoms with Gasteiger partial charge in [0.05, 0.1) is 5.75 Å². The first-order chi connectivity index (χ1) is 8.97. The predicted octanol–water partition coefficient (Wildman–Crippen LogP) is 2.27. The second-order valence-electron chi connectivity index (χ2n) is 6.07. The molecule has 0 spiro atoms. The topological polar surface area (TPSA) is 58.2 Å². The third-order valence-electron chi connectivity index (χ3n) is 4.05. The molecule has 0 aromatic rings. The standard InChI is InChI=1S/C14H30N2O2S/c1-3-15-11-7-8-12-19(17,18)16-13-14(2)9-5-4-6-10-14/h15-16H,3-13H2,1-2H3. The van der Waals surface area contributed by atoms with Gasteiger partial charge in [0.2, 0.25) is 10.0 Å². The molecule has 19 heavy (non-hydrogen) atoms. The minimum absolute atomic E-state index is 0.176. The summed E-state index contributed by atoms with van der Waals surface area (Å²) in [5.74, 6) is 0.258. The zero-order valence-electron chi connectivity index (χ0n) is 12.5. The van der Waals surface area contributed by atoms with Crippen LogP contribution in [-0.2, 0) is 10.0 Å². The number of hydrogen-bond acceptors (Lipinski definition) is 3. The number of hydrogen-bond donors (Lipinski definition) is 2. The first-order valence-electron chi connectivity index (χ1n) is 7.65. The molecule has 2 N–H and O–H groups in total. The summed E-state index contributed by atoms with van der Waals surface area (Å²) in [6.45, 7) is 6.73. The molecule has 0 amide bonds. The molecule has 0 atom stereocenters. The largest absolute Gasteiger partial charge is 0.317 e. The Morgan fingerprint density at radius 3 is 2.42 bits per heavy atom. The first-order valence-corrected chi connectivity index (χ1v) is 9.31. The second-order valence-corrected chi connectivity index (χ2v) is 8.00. The van der Waals surface area contributed by atoms with Crippen molar-refractivity contribution in [1.82, 2.24) is 10.0 Å². The van der Waals surface area contributed by atoms with Gasteiger partial charge >= 0.3 is 0 Å². The van der Waals surface area contributed by atoms with Gasteiger partial charge in [-0.2, -0.15) is 0 Å². The maximum absolute atomic E-state index is 11.9. The summed E-state index contributed by atoms with van der Waals surface area (Å²) >= 11 is 0. The number of nitrogens with one attached hydrogen (secondary N) is 2. The zero-order chi connectivity index (χ0) is 14.2. The molecule has 0 aromatic heterocycles. The lowest BCUT2D eigenvalue weighted by Gasteiger charge is -2.33. The molecule has 0 radical (unpaired) electrons. The summed E-state index contributed by atoms with van der Waals surface area (Å²) in [7, 11) is -3.08. The summed E-state index contributed by atoms with van der Waals surface area (Å²) in [6, 6.07) is 0. The lowest BCUT2D eigenvalue weighted by atomic mass is 9.76. The van der Waals surface area contributed by atoms with Crippen LogP contribution in [0.3, 0.4) is 0 Å². The maximum atomic E-state index is 11.9. The van der Waals surface area contributed by atoms with E-state index in [2.05, 4.69) is 23.9 Å². The van der Waals surface area contributed by atoms with E-state index in [1.54, 1.807) is 0 Å². The highest BCUT2D eigenvalue weighted by Crippen LogP contribution is 2.35. The van der Waals surface area contributed by atoms with E-state index in [0.29, 0.717) is 6.54 Å². The van der Waals surface area contributed by atoms with Crippen molar-refractivity contribution in [3.63, 3.8) is 0 Å². The Bertz CT molecular complexity index is 335. The van der Waals surface area contributed by atoms with Crippen LogP contribution in [0.4, 0.5) is 0 Å². The Morgan fingerprint density at radius 2 is 1.79 bits per heavy atom. The van der Waals surface area contributed by atoms with E-state index in [-0.39, 0.29) is 11.2 Å². The van der Waals surface area contributed by atoms with Gasteiger partial charge in [-0.1, -0.05) is 33.1 Å². The Balaban J connectivity index is 2.22. The van der Waals surface area contributed by atoms with Crippen LogP contribution >= 0.6 is 0 Å². The minimum Gasteiger partial charge on any atom is -0.317 e.